The topological polar surface area (TPSA) is 52.6 Å². The van der Waals surface area contributed by atoms with Crippen molar-refractivity contribution in [3.05, 3.63) is 29.8 Å². The molecule has 0 saturated heterocycles. The van der Waals surface area contributed by atoms with Gasteiger partial charge in [-0.15, -0.1) is 0 Å². The maximum Gasteiger partial charge on any atom is 0.222 e. The smallest absolute Gasteiger partial charge is 0.222 e. The summed E-state index contributed by atoms with van der Waals surface area (Å²) in [7, 11) is 3.54. The standard InChI is InChI=1S/C13H20N2O2/c1-15(2)13(17)4-3-9-14-10-11-5-7-12(16)8-6-11/h5-8,14,16H,3-4,9-10H2,1-2H3. The summed E-state index contributed by atoms with van der Waals surface area (Å²) in [6.45, 7) is 1.58. The molecule has 0 fully saturated rings. The monoisotopic (exact) mass is 236 g/mol. The van der Waals surface area contributed by atoms with E-state index in [2.05, 4.69) is 5.32 Å². The van der Waals surface area contributed by atoms with E-state index in [-0.39, 0.29) is 11.7 Å². The fraction of sp³-hybridized carbons (Fsp3) is 0.462. The lowest BCUT2D eigenvalue weighted by Gasteiger charge is -2.10. The van der Waals surface area contributed by atoms with Crippen molar-refractivity contribution in [3.63, 3.8) is 0 Å². The quantitative estimate of drug-likeness (QED) is 0.733. The summed E-state index contributed by atoms with van der Waals surface area (Å²) in [5, 5.41) is 12.4. The average molecular weight is 236 g/mol. The summed E-state index contributed by atoms with van der Waals surface area (Å²) in [6.07, 6.45) is 1.42. The van der Waals surface area contributed by atoms with Gasteiger partial charge in [0.25, 0.3) is 0 Å². The molecule has 1 rings (SSSR count). The van der Waals surface area contributed by atoms with Crippen LogP contribution >= 0.6 is 0 Å². The van der Waals surface area contributed by atoms with Crippen LogP contribution < -0.4 is 5.32 Å². The predicted octanol–water partition coefficient (Wildman–Crippen LogP) is 1.35. The summed E-state index contributed by atoms with van der Waals surface area (Å²) in [6, 6.07) is 7.11. The lowest BCUT2D eigenvalue weighted by molar-refractivity contribution is -0.128. The van der Waals surface area contributed by atoms with Crippen LogP contribution in [0.2, 0.25) is 0 Å². The summed E-state index contributed by atoms with van der Waals surface area (Å²) < 4.78 is 0. The van der Waals surface area contributed by atoms with Gasteiger partial charge in [-0.3, -0.25) is 4.79 Å². The highest BCUT2D eigenvalue weighted by molar-refractivity contribution is 5.75. The lowest BCUT2D eigenvalue weighted by atomic mass is 10.2. The third kappa shape index (κ3) is 5.36. The zero-order valence-corrected chi connectivity index (χ0v) is 10.4. The number of phenolic OH excluding ortho intramolecular Hbond substituents is 1. The van der Waals surface area contributed by atoms with E-state index in [0.717, 1.165) is 25.1 Å². The number of benzene rings is 1. The molecule has 94 valence electrons. The number of nitrogens with one attached hydrogen (secondary N) is 1. The van der Waals surface area contributed by atoms with Crippen molar-refractivity contribution < 1.29 is 9.90 Å². The second-order valence-corrected chi connectivity index (χ2v) is 4.23. The Morgan fingerprint density at radius 3 is 2.53 bits per heavy atom. The minimum absolute atomic E-state index is 0.163. The van der Waals surface area contributed by atoms with E-state index in [1.165, 1.54) is 0 Å². The van der Waals surface area contributed by atoms with Crippen molar-refractivity contribution in [3.8, 4) is 5.75 Å². The maximum absolute atomic E-state index is 11.3. The van der Waals surface area contributed by atoms with Gasteiger partial charge in [0, 0.05) is 27.1 Å². The van der Waals surface area contributed by atoms with E-state index in [1.54, 1.807) is 31.1 Å². The molecule has 0 bridgehead atoms. The number of nitrogens with zero attached hydrogens (tertiary/aromatic N) is 1. The normalized spacial score (nSPS) is 10.2. The van der Waals surface area contributed by atoms with Crippen molar-refractivity contribution >= 4 is 5.91 Å². The van der Waals surface area contributed by atoms with Gasteiger partial charge in [-0.25, -0.2) is 0 Å². The van der Waals surface area contributed by atoms with E-state index in [0.29, 0.717) is 6.42 Å². The molecular weight excluding hydrogens is 216 g/mol. The Morgan fingerprint density at radius 2 is 1.94 bits per heavy atom. The number of carbonyl (C=O) groups is 1. The second-order valence-electron chi connectivity index (χ2n) is 4.23. The van der Waals surface area contributed by atoms with Crippen LogP contribution in [0.15, 0.2) is 24.3 Å². The molecule has 4 nitrogen and oxygen atoms in total. The first-order chi connectivity index (χ1) is 8.09. The van der Waals surface area contributed by atoms with Gasteiger partial charge in [-0.2, -0.15) is 0 Å². The maximum atomic E-state index is 11.3. The molecule has 0 atom stereocenters. The Balaban J connectivity index is 2.12. The molecule has 17 heavy (non-hydrogen) atoms. The number of carbonyl (C=O) groups excluding carboxylic acids is 1. The van der Waals surface area contributed by atoms with Gasteiger partial charge in [-0.05, 0) is 30.7 Å². The Hall–Kier alpha value is -1.55. The summed E-state index contributed by atoms with van der Waals surface area (Å²) in [4.78, 5) is 12.9. The Labute approximate surface area is 102 Å². The first-order valence-corrected chi connectivity index (χ1v) is 5.78. The summed E-state index contributed by atoms with van der Waals surface area (Å²) in [5.74, 6) is 0.446. The number of aromatic hydroxyl groups is 1. The van der Waals surface area contributed by atoms with Crippen LogP contribution in [-0.2, 0) is 11.3 Å². The second kappa shape index (κ2) is 6.91. The molecule has 0 aromatic heterocycles. The number of hydrogen-bond donors (Lipinski definition) is 2. The van der Waals surface area contributed by atoms with Gasteiger partial charge < -0.3 is 15.3 Å². The Bertz CT molecular complexity index is 347. The minimum Gasteiger partial charge on any atom is -0.508 e. The van der Waals surface area contributed by atoms with Crippen molar-refractivity contribution in [2.24, 2.45) is 0 Å². The molecular formula is C13H20N2O2. The molecule has 1 aromatic carbocycles. The van der Waals surface area contributed by atoms with Gasteiger partial charge in [0.1, 0.15) is 5.75 Å². The molecule has 0 saturated carbocycles. The van der Waals surface area contributed by atoms with Crippen LogP contribution in [0, 0.1) is 0 Å². The minimum atomic E-state index is 0.163. The van der Waals surface area contributed by atoms with E-state index >= 15 is 0 Å². The molecule has 0 aliphatic carbocycles. The van der Waals surface area contributed by atoms with E-state index in [4.69, 9.17) is 5.11 Å². The first kappa shape index (κ1) is 13.5. The zero-order chi connectivity index (χ0) is 12.7. The molecule has 0 spiro atoms. The third-order valence-electron chi connectivity index (χ3n) is 2.51. The van der Waals surface area contributed by atoms with Crippen molar-refractivity contribution in [1.29, 1.82) is 0 Å². The number of rotatable bonds is 6. The molecule has 0 radical (unpaired) electrons. The van der Waals surface area contributed by atoms with Crippen LogP contribution in [0.3, 0.4) is 0 Å². The van der Waals surface area contributed by atoms with Gasteiger partial charge in [0.05, 0.1) is 0 Å². The molecule has 0 unspecified atom stereocenters. The predicted molar refractivity (Wildman–Crippen MR) is 67.7 cm³/mol. The summed E-state index contributed by atoms with van der Waals surface area (Å²) in [5.41, 5.74) is 1.13. The van der Waals surface area contributed by atoms with Crippen molar-refractivity contribution in [1.82, 2.24) is 10.2 Å². The van der Waals surface area contributed by atoms with Crippen LogP contribution in [0.4, 0.5) is 0 Å². The molecule has 0 aliphatic heterocycles. The molecule has 1 aromatic rings. The zero-order valence-electron chi connectivity index (χ0n) is 10.4. The molecule has 1 amide bonds. The van der Waals surface area contributed by atoms with E-state index in [1.807, 2.05) is 12.1 Å². The molecule has 2 N–H and O–H groups in total. The third-order valence-corrected chi connectivity index (χ3v) is 2.51. The summed E-state index contributed by atoms with van der Waals surface area (Å²) >= 11 is 0. The van der Waals surface area contributed by atoms with Crippen LogP contribution in [-0.4, -0.2) is 36.6 Å². The fourth-order valence-electron chi connectivity index (χ4n) is 1.43. The first-order valence-electron chi connectivity index (χ1n) is 5.78. The largest absolute Gasteiger partial charge is 0.508 e. The van der Waals surface area contributed by atoms with Gasteiger partial charge >= 0.3 is 0 Å². The average Bonchev–Trinajstić information content (AvgIpc) is 2.30. The Kier molecular flexibility index (Phi) is 5.49. The van der Waals surface area contributed by atoms with E-state index < -0.39 is 0 Å². The highest BCUT2D eigenvalue weighted by atomic mass is 16.3. The number of amides is 1. The number of phenols is 1. The van der Waals surface area contributed by atoms with Crippen LogP contribution in [0.1, 0.15) is 18.4 Å². The van der Waals surface area contributed by atoms with Gasteiger partial charge in [0.15, 0.2) is 0 Å². The van der Waals surface area contributed by atoms with Gasteiger partial charge in [0.2, 0.25) is 5.91 Å². The van der Waals surface area contributed by atoms with Crippen LogP contribution in [0.5, 0.6) is 5.75 Å². The highest BCUT2D eigenvalue weighted by Crippen LogP contribution is 2.09. The van der Waals surface area contributed by atoms with Crippen LogP contribution in [0.25, 0.3) is 0 Å². The van der Waals surface area contributed by atoms with E-state index in [9.17, 15) is 4.79 Å². The molecule has 0 aliphatic rings. The molecule has 4 heteroatoms. The Morgan fingerprint density at radius 1 is 1.29 bits per heavy atom. The molecule has 0 heterocycles. The van der Waals surface area contributed by atoms with Crippen molar-refractivity contribution in [2.45, 2.75) is 19.4 Å². The van der Waals surface area contributed by atoms with Crippen molar-refractivity contribution in [2.75, 3.05) is 20.6 Å². The lowest BCUT2D eigenvalue weighted by Crippen LogP contribution is -2.23. The highest BCUT2D eigenvalue weighted by Gasteiger charge is 2.02. The SMILES string of the molecule is CN(C)C(=O)CCCNCc1ccc(O)cc1. The van der Waals surface area contributed by atoms with Gasteiger partial charge in [-0.1, -0.05) is 12.1 Å². The number of hydrogen-bond acceptors (Lipinski definition) is 3. The fourth-order valence-corrected chi connectivity index (χ4v) is 1.43.